The minimum Gasteiger partial charge on any atom is -0.488 e. The van der Waals surface area contributed by atoms with E-state index in [4.69, 9.17) is 4.74 Å². The molecule has 0 aliphatic rings. The number of nitrogens with zero attached hydrogens (tertiary/aromatic N) is 1. The van der Waals surface area contributed by atoms with Crippen molar-refractivity contribution in [2.75, 3.05) is 34.3 Å². The molecule has 0 bridgehead atoms. The second kappa shape index (κ2) is 5.71. The molecule has 0 aliphatic carbocycles. The Bertz CT molecular complexity index is 333. The van der Waals surface area contributed by atoms with Crippen LogP contribution in [0.15, 0.2) is 30.3 Å². The summed E-state index contributed by atoms with van der Waals surface area (Å²) in [5.74, 6) is 0.926. The third-order valence-corrected chi connectivity index (χ3v) is 2.22. The highest BCUT2D eigenvalue weighted by atomic mass is 16.5. The van der Waals surface area contributed by atoms with Gasteiger partial charge in [0.2, 0.25) is 0 Å². The number of hydrogen-bond acceptors (Lipinski definition) is 1. The molecule has 0 saturated heterocycles. The van der Waals surface area contributed by atoms with Crippen molar-refractivity contribution in [2.24, 2.45) is 0 Å². The maximum atomic E-state index is 5.66. The van der Waals surface area contributed by atoms with Crippen LogP contribution < -0.4 is 4.74 Å². The molecule has 1 radical (unpaired) electrons. The number of allylic oxidation sites excluding steroid dienone is 1. The molecule has 1 aromatic rings. The number of quaternary nitrogens is 1. The topological polar surface area (TPSA) is 9.23 Å². The van der Waals surface area contributed by atoms with Gasteiger partial charge in [-0.1, -0.05) is 24.3 Å². The average Bonchev–Trinajstić information content (AvgIpc) is 2.19. The molecule has 16 heavy (non-hydrogen) atoms. The second-order valence-electron chi connectivity index (χ2n) is 4.83. The molecule has 2 heteroatoms. The highest BCUT2D eigenvalue weighted by Crippen LogP contribution is 2.13. The zero-order valence-electron chi connectivity index (χ0n) is 10.4. The largest absolute Gasteiger partial charge is 0.488 e. The fraction of sp³-hybridized carbons (Fsp3) is 0.357. The number of likely N-dealkylation sites (N-methyl/N-ethyl adjacent to an activating group) is 1. The molecule has 0 fully saturated rings. The number of benzene rings is 1. The first-order chi connectivity index (χ1) is 7.51. The lowest BCUT2D eigenvalue weighted by atomic mass is 10.2. The van der Waals surface area contributed by atoms with Crippen LogP contribution in [0.25, 0.3) is 6.08 Å². The van der Waals surface area contributed by atoms with Gasteiger partial charge in [0.25, 0.3) is 0 Å². The molecule has 0 atom stereocenters. The van der Waals surface area contributed by atoms with Gasteiger partial charge in [-0.3, -0.25) is 0 Å². The molecule has 1 rings (SSSR count). The van der Waals surface area contributed by atoms with Crippen molar-refractivity contribution < 1.29 is 9.22 Å². The van der Waals surface area contributed by atoms with Crippen LogP contribution in [0.1, 0.15) is 5.56 Å². The van der Waals surface area contributed by atoms with Crippen LogP contribution in [0.2, 0.25) is 0 Å². The Kier molecular flexibility index (Phi) is 4.56. The quantitative estimate of drug-likeness (QED) is 0.692. The summed E-state index contributed by atoms with van der Waals surface area (Å²) in [7, 11) is 6.47. The average molecular weight is 219 g/mol. The van der Waals surface area contributed by atoms with Crippen LogP contribution in [0, 0.1) is 6.92 Å². The molecule has 0 spiro atoms. The molecule has 0 N–H and O–H groups in total. The maximum Gasteiger partial charge on any atom is 0.137 e. The maximum absolute atomic E-state index is 5.66. The first-order valence-corrected chi connectivity index (χ1v) is 5.50. The van der Waals surface area contributed by atoms with Gasteiger partial charge in [0.1, 0.15) is 18.9 Å². The zero-order chi connectivity index (χ0) is 12.0. The summed E-state index contributed by atoms with van der Waals surface area (Å²) < 4.78 is 6.58. The summed E-state index contributed by atoms with van der Waals surface area (Å²) in [5.41, 5.74) is 1.15. The van der Waals surface area contributed by atoms with Crippen molar-refractivity contribution in [1.29, 1.82) is 0 Å². The Hall–Kier alpha value is -1.28. The van der Waals surface area contributed by atoms with E-state index in [9.17, 15) is 0 Å². The van der Waals surface area contributed by atoms with E-state index in [1.807, 2.05) is 30.3 Å². The molecule has 1 aromatic carbocycles. The molecule has 0 aliphatic heterocycles. The molecule has 0 heterocycles. The van der Waals surface area contributed by atoms with Crippen LogP contribution in [-0.4, -0.2) is 38.8 Å². The molecule has 2 nitrogen and oxygen atoms in total. The summed E-state index contributed by atoms with van der Waals surface area (Å²) in [4.78, 5) is 0. The highest BCUT2D eigenvalue weighted by Gasteiger charge is 2.06. The lowest BCUT2D eigenvalue weighted by molar-refractivity contribution is -0.870. The van der Waals surface area contributed by atoms with Crippen molar-refractivity contribution >= 4 is 6.08 Å². The Balaban J connectivity index is 2.43. The summed E-state index contributed by atoms with van der Waals surface area (Å²) in [6.07, 6.45) is 3.75. The van der Waals surface area contributed by atoms with Crippen molar-refractivity contribution in [3.05, 3.63) is 42.8 Å². The van der Waals surface area contributed by atoms with Crippen LogP contribution >= 0.6 is 0 Å². The van der Waals surface area contributed by atoms with Gasteiger partial charge in [-0.15, -0.1) is 0 Å². The smallest absolute Gasteiger partial charge is 0.137 e. The van der Waals surface area contributed by atoms with Crippen molar-refractivity contribution in [1.82, 2.24) is 0 Å². The molecule has 0 aromatic heterocycles. The van der Waals surface area contributed by atoms with Gasteiger partial charge in [0, 0.05) is 0 Å². The highest BCUT2D eigenvalue weighted by molar-refractivity contribution is 5.50. The van der Waals surface area contributed by atoms with E-state index in [0.29, 0.717) is 0 Å². The van der Waals surface area contributed by atoms with E-state index >= 15 is 0 Å². The van der Waals surface area contributed by atoms with Gasteiger partial charge in [0.15, 0.2) is 0 Å². The Labute approximate surface area is 98.7 Å². The van der Waals surface area contributed by atoms with E-state index in [1.165, 1.54) is 0 Å². The number of rotatable bonds is 5. The lowest BCUT2D eigenvalue weighted by Crippen LogP contribution is -2.38. The summed E-state index contributed by atoms with van der Waals surface area (Å²) in [6.45, 7) is 5.41. The van der Waals surface area contributed by atoms with Gasteiger partial charge < -0.3 is 9.22 Å². The normalized spacial score (nSPS) is 12.0. The minimum absolute atomic E-state index is 0.744. The fourth-order valence-corrected chi connectivity index (χ4v) is 1.25. The molecule has 87 valence electrons. The van der Waals surface area contributed by atoms with Gasteiger partial charge in [-0.2, -0.15) is 0 Å². The monoisotopic (exact) mass is 219 g/mol. The number of hydrogen-bond donors (Lipinski definition) is 0. The standard InChI is InChI=1S/C14H21NO/c1-5-6-13-7-9-14(10-8-13)16-12-11-15(2,3)4/h5-10H,1,11-12H2,2-4H3/q+1/b6-5+. The first kappa shape index (κ1) is 12.8. The van der Waals surface area contributed by atoms with E-state index < -0.39 is 0 Å². The van der Waals surface area contributed by atoms with Crippen molar-refractivity contribution in [3.8, 4) is 5.75 Å². The second-order valence-corrected chi connectivity index (χ2v) is 4.83. The predicted molar refractivity (Wildman–Crippen MR) is 69.2 cm³/mol. The minimum atomic E-state index is 0.744. The third-order valence-electron chi connectivity index (χ3n) is 2.22. The van der Waals surface area contributed by atoms with Gasteiger partial charge in [-0.25, -0.2) is 0 Å². The fourth-order valence-electron chi connectivity index (χ4n) is 1.25. The zero-order valence-corrected chi connectivity index (χ0v) is 10.4. The molecule has 0 amide bonds. The van der Waals surface area contributed by atoms with Crippen LogP contribution in [0.5, 0.6) is 5.75 Å². The van der Waals surface area contributed by atoms with E-state index in [-0.39, 0.29) is 0 Å². The van der Waals surface area contributed by atoms with E-state index in [0.717, 1.165) is 28.9 Å². The van der Waals surface area contributed by atoms with Crippen molar-refractivity contribution in [3.63, 3.8) is 0 Å². The Morgan fingerprint density at radius 3 is 2.31 bits per heavy atom. The van der Waals surface area contributed by atoms with Gasteiger partial charge in [-0.05, 0) is 24.6 Å². The summed E-state index contributed by atoms with van der Waals surface area (Å²) >= 11 is 0. The molecule has 0 saturated carbocycles. The Morgan fingerprint density at radius 2 is 1.81 bits per heavy atom. The molecule has 0 unspecified atom stereocenters. The SMILES string of the molecule is [CH2]/C=C/c1ccc(OCC[N+](C)(C)C)cc1. The predicted octanol–water partition coefficient (Wildman–Crippen LogP) is 2.62. The lowest BCUT2D eigenvalue weighted by Gasteiger charge is -2.23. The van der Waals surface area contributed by atoms with Crippen LogP contribution in [-0.2, 0) is 0 Å². The van der Waals surface area contributed by atoms with E-state index in [2.05, 4.69) is 28.1 Å². The first-order valence-electron chi connectivity index (χ1n) is 5.50. The summed E-state index contributed by atoms with van der Waals surface area (Å²) in [5, 5.41) is 0. The van der Waals surface area contributed by atoms with Crippen molar-refractivity contribution in [2.45, 2.75) is 0 Å². The Morgan fingerprint density at radius 1 is 1.19 bits per heavy atom. The molecular weight excluding hydrogens is 198 g/mol. The summed E-state index contributed by atoms with van der Waals surface area (Å²) in [6, 6.07) is 8.04. The van der Waals surface area contributed by atoms with Gasteiger partial charge in [0.05, 0.1) is 21.1 Å². The molecular formula is C14H21NO+. The van der Waals surface area contributed by atoms with Crippen LogP contribution in [0.3, 0.4) is 0 Å². The third kappa shape index (κ3) is 4.99. The van der Waals surface area contributed by atoms with E-state index in [1.54, 1.807) is 6.08 Å². The van der Waals surface area contributed by atoms with Gasteiger partial charge >= 0.3 is 0 Å². The number of ether oxygens (including phenoxy) is 1. The van der Waals surface area contributed by atoms with Crippen LogP contribution in [0.4, 0.5) is 0 Å².